The minimum atomic E-state index is -1.30. The normalized spacial score (nSPS) is 19.9. The number of carbonyl (C=O) groups excluding carboxylic acids is 1. The summed E-state index contributed by atoms with van der Waals surface area (Å²) in [5.41, 5.74) is -0.360. The SMILES string of the molecule is O=C(c1ccnc(F)c1F)N1CCOC(CO)C1. The monoisotopic (exact) mass is 258 g/mol. The van der Waals surface area contributed by atoms with E-state index in [1.54, 1.807) is 0 Å². The number of pyridine rings is 1. The molecule has 2 heterocycles. The summed E-state index contributed by atoms with van der Waals surface area (Å²) in [6.07, 6.45) is 0.549. The first kappa shape index (κ1) is 12.8. The zero-order valence-corrected chi connectivity index (χ0v) is 9.47. The van der Waals surface area contributed by atoms with Crippen molar-refractivity contribution < 1.29 is 23.4 Å². The van der Waals surface area contributed by atoms with E-state index in [-0.39, 0.29) is 31.9 Å². The number of aliphatic hydroxyl groups is 1. The van der Waals surface area contributed by atoms with Crippen LogP contribution in [-0.4, -0.2) is 53.3 Å². The van der Waals surface area contributed by atoms with Gasteiger partial charge in [-0.2, -0.15) is 4.39 Å². The summed E-state index contributed by atoms with van der Waals surface area (Å²) in [6, 6.07) is 1.13. The van der Waals surface area contributed by atoms with Gasteiger partial charge in [-0.1, -0.05) is 0 Å². The Bertz CT molecular complexity index is 456. The van der Waals surface area contributed by atoms with E-state index >= 15 is 0 Å². The molecule has 1 aliphatic rings. The van der Waals surface area contributed by atoms with Crippen LogP contribution in [-0.2, 0) is 4.74 Å². The lowest BCUT2D eigenvalue weighted by Crippen LogP contribution is -2.47. The molecule has 1 N–H and O–H groups in total. The molecule has 0 saturated carbocycles. The molecule has 1 atom stereocenters. The van der Waals surface area contributed by atoms with Crippen LogP contribution in [0.15, 0.2) is 12.3 Å². The molecule has 0 aromatic carbocycles. The quantitative estimate of drug-likeness (QED) is 0.769. The second kappa shape index (κ2) is 5.36. The van der Waals surface area contributed by atoms with Gasteiger partial charge in [-0.15, -0.1) is 0 Å². The lowest BCUT2D eigenvalue weighted by atomic mass is 10.2. The van der Waals surface area contributed by atoms with Gasteiger partial charge in [0.2, 0.25) is 5.95 Å². The van der Waals surface area contributed by atoms with Crippen molar-refractivity contribution in [1.82, 2.24) is 9.88 Å². The molecule has 0 spiro atoms. The number of ether oxygens (including phenoxy) is 1. The predicted molar refractivity (Wildman–Crippen MR) is 56.9 cm³/mol. The number of halogens is 2. The summed E-state index contributed by atoms with van der Waals surface area (Å²) < 4.78 is 31.5. The number of aromatic nitrogens is 1. The smallest absolute Gasteiger partial charge is 0.257 e. The van der Waals surface area contributed by atoms with Crippen LogP contribution in [0.5, 0.6) is 0 Å². The zero-order valence-electron chi connectivity index (χ0n) is 9.47. The molecule has 1 amide bonds. The number of carbonyl (C=O) groups is 1. The third-order valence-electron chi connectivity index (χ3n) is 2.71. The molecule has 1 aromatic rings. The van der Waals surface area contributed by atoms with Crippen LogP contribution < -0.4 is 0 Å². The molecule has 1 aliphatic heterocycles. The third kappa shape index (κ3) is 2.46. The van der Waals surface area contributed by atoms with Crippen LogP contribution in [0, 0.1) is 11.8 Å². The number of rotatable bonds is 2. The van der Waals surface area contributed by atoms with Gasteiger partial charge in [0.05, 0.1) is 24.9 Å². The average molecular weight is 258 g/mol. The van der Waals surface area contributed by atoms with E-state index in [1.165, 1.54) is 4.90 Å². The van der Waals surface area contributed by atoms with Crippen molar-refractivity contribution in [3.8, 4) is 0 Å². The fraction of sp³-hybridized carbons (Fsp3) is 0.455. The van der Waals surface area contributed by atoms with Crippen molar-refractivity contribution in [2.75, 3.05) is 26.3 Å². The highest BCUT2D eigenvalue weighted by atomic mass is 19.2. The van der Waals surface area contributed by atoms with E-state index in [9.17, 15) is 13.6 Å². The van der Waals surface area contributed by atoms with Crippen molar-refractivity contribution in [1.29, 1.82) is 0 Å². The van der Waals surface area contributed by atoms with Gasteiger partial charge >= 0.3 is 0 Å². The number of nitrogens with zero attached hydrogens (tertiary/aromatic N) is 2. The van der Waals surface area contributed by atoms with E-state index in [2.05, 4.69) is 4.98 Å². The van der Waals surface area contributed by atoms with Gasteiger partial charge in [-0.25, -0.2) is 9.37 Å². The van der Waals surface area contributed by atoms with Gasteiger partial charge in [-0.05, 0) is 6.07 Å². The first-order chi connectivity index (χ1) is 8.63. The maximum atomic E-state index is 13.4. The van der Waals surface area contributed by atoms with E-state index < -0.39 is 23.8 Å². The lowest BCUT2D eigenvalue weighted by Gasteiger charge is -2.32. The molecule has 1 fully saturated rings. The standard InChI is InChI=1S/C11H12F2N2O3/c12-9-8(1-2-14-10(9)13)11(17)15-3-4-18-7(5-15)6-16/h1-2,7,16H,3-6H2. The van der Waals surface area contributed by atoms with E-state index in [0.717, 1.165) is 12.3 Å². The van der Waals surface area contributed by atoms with Crippen LogP contribution in [0.4, 0.5) is 8.78 Å². The topological polar surface area (TPSA) is 62.7 Å². The van der Waals surface area contributed by atoms with Crippen molar-refractivity contribution in [2.45, 2.75) is 6.10 Å². The molecule has 2 rings (SSSR count). The highest BCUT2D eigenvalue weighted by molar-refractivity contribution is 5.94. The minimum Gasteiger partial charge on any atom is -0.394 e. The lowest BCUT2D eigenvalue weighted by molar-refractivity contribution is -0.0448. The molecular formula is C11H12F2N2O3. The zero-order chi connectivity index (χ0) is 13.1. The highest BCUT2D eigenvalue weighted by Gasteiger charge is 2.27. The largest absolute Gasteiger partial charge is 0.394 e. The summed E-state index contributed by atoms with van der Waals surface area (Å²) in [6.45, 7) is 0.459. The van der Waals surface area contributed by atoms with Gasteiger partial charge in [0.1, 0.15) is 0 Å². The van der Waals surface area contributed by atoms with Crippen LogP contribution >= 0.6 is 0 Å². The van der Waals surface area contributed by atoms with Gasteiger partial charge < -0.3 is 14.7 Å². The molecule has 0 bridgehead atoms. The maximum absolute atomic E-state index is 13.4. The molecular weight excluding hydrogens is 246 g/mol. The first-order valence-corrected chi connectivity index (χ1v) is 5.45. The minimum absolute atomic E-state index is 0.152. The van der Waals surface area contributed by atoms with Gasteiger partial charge in [-0.3, -0.25) is 4.79 Å². The van der Waals surface area contributed by atoms with Crippen molar-refractivity contribution in [3.05, 3.63) is 29.6 Å². The number of hydrogen-bond donors (Lipinski definition) is 1. The molecule has 1 unspecified atom stereocenters. The summed E-state index contributed by atoms with van der Waals surface area (Å²) in [5, 5.41) is 8.95. The fourth-order valence-corrected chi connectivity index (χ4v) is 1.77. The van der Waals surface area contributed by atoms with Crippen molar-refractivity contribution in [3.63, 3.8) is 0 Å². The van der Waals surface area contributed by atoms with Crippen LogP contribution in [0.2, 0.25) is 0 Å². The van der Waals surface area contributed by atoms with E-state index in [1.807, 2.05) is 0 Å². The Kier molecular flexibility index (Phi) is 3.83. The Labute approximate surface area is 102 Å². The number of hydrogen-bond acceptors (Lipinski definition) is 4. The number of morpholine rings is 1. The molecule has 98 valence electrons. The van der Waals surface area contributed by atoms with Gasteiger partial charge in [0, 0.05) is 19.3 Å². The second-order valence-corrected chi connectivity index (χ2v) is 3.89. The maximum Gasteiger partial charge on any atom is 0.257 e. The summed E-state index contributed by atoms with van der Waals surface area (Å²) in [5.74, 6) is -3.18. The predicted octanol–water partition coefficient (Wildman–Crippen LogP) is 0.193. The van der Waals surface area contributed by atoms with Crippen LogP contribution in [0.25, 0.3) is 0 Å². The molecule has 0 aliphatic carbocycles. The van der Waals surface area contributed by atoms with Gasteiger partial charge in [0.25, 0.3) is 5.91 Å². The van der Waals surface area contributed by atoms with Crippen LogP contribution in [0.1, 0.15) is 10.4 Å². The number of aliphatic hydroxyl groups excluding tert-OH is 1. The molecule has 5 nitrogen and oxygen atoms in total. The molecule has 1 aromatic heterocycles. The fourth-order valence-electron chi connectivity index (χ4n) is 1.77. The Hall–Kier alpha value is -1.60. The molecule has 0 radical (unpaired) electrons. The highest BCUT2D eigenvalue weighted by Crippen LogP contribution is 2.14. The van der Waals surface area contributed by atoms with E-state index in [4.69, 9.17) is 9.84 Å². The average Bonchev–Trinajstić information content (AvgIpc) is 2.41. The van der Waals surface area contributed by atoms with Crippen molar-refractivity contribution in [2.24, 2.45) is 0 Å². The molecule has 7 heteroatoms. The molecule has 1 saturated heterocycles. The Morgan fingerprint density at radius 2 is 2.39 bits per heavy atom. The Balaban J connectivity index is 2.18. The third-order valence-corrected chi connectivity index (χ3v) is 2.71. The molecule has 18 heavy (non-hydrogen) atoms. The van der Waals surface area contributed by atoms with E-state index in [0.29, 0.717) is 0 Å². The van der Waals surface area contributed by atoms with Crippen LogP contribution in [0.3, 0.4) is 0 Å². The Morgan fingerprint density at radius 1 is 1.61 bits per heavy atom. The van der Waals surface area contributed by atoms with Crippen molar-refractivity contribution >= 4 is 5.91 Å². The Morgan fingerprint density at radius 3 is 3.11 bits per heavy atom. The first-order valence-electron chi connectivity index (χ1n) is 5.45. The van der Waals surface area contributed by atoms with Gasteiger partial charge in [0.15, 0.2) is 5.82 Å². The number of amides is 1. The summed E-state index contributed by atoms with van der Waals surface area (Å²) in [4.78, 5) is 16.4. The summed E-state index contributed by atoms with van der Waals surface area (Å²) >= 11 is 0. The summed E-state index contributed by atoms with van der Waals surface area (Å²) in [7, 11) is 0. The second-order valence-electron chi connectivity index (χ2n) is 3.89.